The number of methoxy groups -OCH3 is 1. The maximum atomic E-state index is 12.5. The van der Waals surface area contributed by atoms with E-state index >= 15 is 0 Å². The van der Waals surface area contributed by atoms with Gasteiger partial charge in [0.1, 0.15) is 11.5 Å². The number of halogens is 1. The lowest BCUT2D eigenvalue weighted by Gasteiger charge is -2.47. The summed E-state index contributed by atoms with van der Waals surface area (Å²) in [5.41, 5.74) is 0.880. The Hall–Kier alpha value is -1.82. The molecule has 0 amide bonds. The Morgan fingerprint density at radius 2 is 1.92 bits per heavy atom. The van der Waals surface area contributed by atoms with Crippen LogP contribution in [0.2, 0.25) is 5.28 Å². The van der Waals surface area contributed by atoms with Crippen molar-refractivity contribution in [3.05, 3.63) is 17.5 Å². The Balaban J connectivity index is 1.52. The van der Waals surface area contributed by atoms with Gasteiger partial charge in [0.2, 0.25) is 5.28 Å². The molecule has 0 saturated heterocycles. The zero-order valence-electron chi connectivity index (χ0n) is 14.8. The van der Waals surface area contributed by atoms with Crippen LogP contribution < -0.4 is 5.32 Å². The molecule has 2 aromatic heterocycles. The number of esters is 1. The SMILES string of the molecule is COC(=O)C1C2CCC(CC2)C1Nc1nc(Cl)nc2c1ccn2C1CC1. The number of fused-ring (bicyclic) bond motifs is 4. The molecule has 2 unspecified atom stereocenters. The summed E-state index contributed by atoms with van der Waals surface area (Å²) in [4.78, 5) is 21.4. The van der Waals surface area contributed by atoms with Crippen molar-refractivity contribution in [1.29, 1.82) is 0 Å². The highest BCUT2D eigenvalue weighted by Gasteiger charge is 2.48. The van der Waals surface area contributed by atoms with Gasteiger partial charge in [-0.05, 0) is 68.0 Å². The lowest BCUT2D eigenvalue weighted by molar-refractivity contribution is -0.152. The molecule has 2 bridgehead atoms. The molecule has 4 aliphatic rings. The lowest BCUT2D eigenvalue weighted by atomic mass is 9.61. The van der Waals surface area contributed by atoms with E-state index in [4.69, 9.17) is 16.3 Å². The summed E-state index contributed by atoms with van der Waals surface area (Å²) >= 11 is 6.23. The lowest BCUT2D eigenvalue weighted by Crippen LogP contribution is -2.51. The first-order valence-electron chi connectivity index (χ1n) is 9.54. The van der Waals surface area contributed by atoms with Gasteiger partial charge in [0.15, 0.2) is 0 Å². The van der Waals surface area contributed by atoms with Crippen molar-refractivity contribution in [1.82, 2.24) is 14.5 Å². The van der Waals surface area contributed by atoms with Crippen LogP contribution in [0.15, 0.2) is 12.3 Å². The summed E-state index contributed by atoms with van der Waals surface area (Å²) in [6, 6.07) is 2.63. The number of nitrogens with one attached hydrogen (secondary N) is 1. The number of hydrogen-bond acceptors (Lipinski definition) is 5. The van der Waals surface area contributed by atoms with Crippen molar-refractivity contribution >= 4 is 34.4 Å². The predicted molar refractivity (Wildman–Crippen MR) is 99.2 cm³/mol. The first kappa shape index (κ1) is 16.4. The molecule has 4 fully saturated rings. The zero-order valence-corrected chi connectivity index (χ0v) is 15.6. The number of hydrogen-bond donors (Lipinski definition) is 1. The summed E-state index contributed by atoms with van der Waals surface area (Å²) in [6.45, 7) is 0. The Morgan fingerprint density at radius 1 is 1.19 bits per heavy atom. The summed E-state index contributed by atoms with van der Waals surface area (Å²) in [5.74, 6) is 1.39. The van der Waals surface area contributed by atoms with Crippen LogP contribution in [-0.2, 0) is 9.53 Å². The average molecular weight is 375 g/mol. The van der Waals surface area contributed by atoms with Crippen LogP contribution in [0.5, 0.6) is 0 Å². The van der Waals surface area contributed by atoms with Gasteiger partial charge in [-0.25, -0.2) is 4.98 Å². The third-order valence-electron chi connectivity index (χ3n) is 6.48. The van der Waals surface area contributed by atoms with Crippen LogP contribution >= 0.6 is 11.6 Å². The molecule has 1 N–H and O–H groups in total. The van der Waals surface area contributed by atoms with Gasteiger partial charge in [0.25, 0.3) is 0 Å². The highest BCUT2D eigenvalue weighted by Crippen LogP contribution is 2.47. The minimum Gasteiger partial charge on any atom is -0.469 e. The monoisotopic (exact) mass is 374 g/mol. The number of nitrogens with zero attached hydrogens (tertiary/aromatic N) is 3. The number of ether oxygens (including phenoxy) is 1. The fourth-order valence-corrected chi connectivity index (χ4v) is 5.22. The predicted octanol–water partition coefficient (Wildman–Crippen LogP) is 3.81. The van der Waals surface area contributed by atoms with Gasteiger partial charge in [0, 0.05) is 18.3 Å². The van der Waals surface area contributed by atoms with Crippen molar-refractivity contribution < 1.29 is 9.53 Å². The van der Waals surface area contributed by atoms with Crippen LogP contribution in [0.4, 0.5) is 5.82 Å². The van der Waals surface area contributed by atoms with Gasteiger partial charge < -0.3 is 14.6 Å². The second kappa shape index (κ2) is 6.12. The van der Waals surface area contributed by atoms with E-state index < -0.39 is 0 Å². The molecule has 0 radical (unpaired) electrons. The molecule has 2 atom stereocenters. The minimum absolute atomic E-state index is 0.0494. The molecular formula is C19H23ClN4O2. The van der Waals surface area contributed by atoms with E-state index in [0.717, 1.165) is 42.5 Å². The molecule has 4 saturated carbocycles. The zero-order chi connectivity index (χ0) is 17.8. The summed E-state index contributed by atoms with van der Waals surface area (Å²) in [7, 11) is 1.48. The first-order chi connectivity index (χ1) is 12.7. The van der Waals surface area contributed by atoms with E-state index in [9.17, 15) is 4.79 Å². The molecule has 138 valence electrons. The highest BCUT2D eigenvalue weighted by atomic mass is 35.5. The molecule has 6 rings (SSSR count). The maximum Gasteiger partial charge on any atom is 0.311 e. The highest BCUT2D eigenvalue weighted by molar-refractivity contribution is 6.28. The van der Waals surface area contributed by atoms with Crippen LogP contribution in [-0.4, -0.2) is 33.7 Å². The normalized spacial score (nSPS) is 30.5. The van der Waals surface area contributed by atoms with E-state index in [-0.39, 0.29) is 23.2 Å². The van der Waals surface area contributed by atoms with Gasteiger partial charge in [0.05, 0.1) is 18.4 Å². The standard InChI is InChI=1S/C19H23ClN4O2/c1-26-18(25)14-10-2-4-11(5-3-10)15(14)21-16-13-8-9-24(12-6-7-12)17(13)23-19(20)22-16/h8-12,14-15H,2-7H2,1H3,(H,21,22,23). The molecule has 0 aromatic carbocycles. The molecule has 2 heterocycles. The Labute approximate surface area is 157 Å². The number of aromatic nitrogens is 3. The quantitative estimate of drug-likeness (QED) is 0.651. The van der Waals surface area contributed by atoms with Gasteiger partial charge >= 0.3 is 5.97 Å². The largest absolute Gasteiger partial charge is 0.469 e. The molecule has 0 spiro atoms. The van der Waals surface area contributed by atoms with E-state index in [1.807, 2.05) is 0 Å². The van der Waals surface area contributed by atoms with Gasteiger partial charge in [-0.2, -0.15) is 4.98 Å². The number of anilines is 1. The minimum atomic E-state index is -0.109. The molecule has 0 aliphatic heterocycles. The summed E-state index contributed by atoms with van der Waals surface area (Å²) < 4.78 is 7.32. The second-order valence-corrected chi connectivity index (χ2v) is 8.26. The second-order valence-electron chi connectivity index (χ2n) is 7.93. The summed E-state index contributed by atoms with van der Waals surface area (Å²) in [6.07, 6.45) is 8.97. The van der Waals surface area contributed by atoms with Gasteiger partial charge in [-0.15, -0.1) is 0 Å². The Morgan fingerprint density at radius 3 is 2.62 bits per heavy atom. The van der Waals surface area contributed by atoms with Crippen LogP contribution in [0, 0.1) is 17.8 Å². The molecule has 6 nitrogen and oxygen atoms in total. The molecule has 7 heteroatoms. The summed E-state index contributed by atoms with van der Waals surface area (Å²) in [5, 5.41) is 4.81. The topological polar surface area (TPSA) is 69.0 Å². The number of carbonyl (C=O) groups is 1. The third kappa shape index (κ3) is 2.57. The van der Waals surface area contributed by atoms with E-state index in [0.29, 0.717) is 17.9 Å². The van der Waals surface area contributed by atoms with Crippen LogP contribution in [0.25, 0.3) is 11.0 Å². The van der Waals surface area contributed by atoms with Crippen molar-refractivity contribution in [2.45, 2.75) is 50.6 Å². The molecule has 2 aromatic rings. The Kier molecular flexibility index (Phi) is 3.85. The molecular weight excluding hydrogens is 352 g/mol. The maximum absolute atomic E-state index is 12.5. The van der Waals surface area contributed by atoms with E-state index in [2.05, 4.69) is 32.1 Å². The molecule has 26 heavy (non-hydrogen) atoms. The first-order valence-corrected chi connectivity index (χ1v) is 9.92. The van der Waals surface area contributed by atoms with E-state index in [1.165, 1.54) is 20.0 Å². The van der Waals surface area contributed by atoms with E-state index in [1.54, 1.807) is 0 Å². The fourth-order valence-electron chi connectivity index (χ4n) is 5.05. The molecule has 4 aliphatic carbocycles. The fraction of sp³-hybridized carbons (Fsp3) is 0.632. The van der Waals surface area contributed by atoms with Crippen molar-refractivity contribution in [3.63, 3.8) is 0 Å². The van der Waals surface area contributed by atoms with Crippen molar-refractivity contribution in [2.24, 2.45) is 17.8 Å². The average Bonchev–Trinajstić information content (AvgIpc) is 3.41. The van der Waals surface area contributed by atoms with Gasteiger partial charge in [-0.3, -0.25) is 4.79 Å². The smallest absolute Gasteiger partial charge is 0.311 e. The number of rotatable bonds is 4. The van der Waals surface area contributed by atoms with Crippen molar-refractivity contribution in [3.8, 4) is 0 Å². The van der Waals surface area contributed by atoms with Gasteiger partial charge in [-0.1, -0.05) is 0 Å². The number of carbonyl (C=O) groups excluding carboxylic acids is 1. The van der Waals surface area contributed by atoms with Crippen LogP contribution in [0.1, 0.15) is 44.6 Å². The Bertz CT molecular complexity index is 855. The van der Waals surface area contributed by atoms with Crippen LogP contribution in [0.3, 0.4) is 0 Å². The van der Waals surface area contributed by atoms with Crippen molar-refractivity contribution in [2.75, 3.05) is 12.4 Å². The third-order valence-corrected chi connectivity index (χ3v) is 6.65.